The second kappa shape index (κ2) is 11.1. The number of allylic oxidation sites excluding steroid dienone is 4. The van der Waals surface area contributed by atoms with Crippen molar-refractivity contribution in [3.05, 3.63) is 84.0 Å². The van der Waals surface area contributed by atoms with Crippen molar-refractivity contribution in [1.82, 2.24) is 0 Å². The third kappa shape index (κ3) is 6.28. The van der Waals surface area contributed by atoms with Crippen LogP contribution in [0.1, 0.15) is 53.4 Å². The van der Waals surface area contributed by atoms with E-state index in [1.165, 1.54) is 11.1 Å². The van der Waals surface area contributed by atoms with Crippen LogP contribution in [0, 0.1) is 0 Å². The highest BCUT2D eigenvalue weighted by Gasteiger charge is 2.49. The molecule has 1 N–H and O–H groups in total. The number of rotatable bonds is 10. The Labute approximate surface area is 186 Å². The monoisotopic (exact) mass is 470 g/mol. The largest absolute Gasteiger partial charge is 0.424 e. The Kier molecular flexibility index (Phi) is 9.13. The maximum atomic E-state index is 12.2. The van der Waals surface area contributed by atoms with Crippen molar-refractivity contribution >= 4 is 34.6 Å². The molecule has 0 aromatic heterocycles. The van der Waals surface area contributed by atoms with Gasteiger partial charge in [-0.3, -0.25) is 0 Å². The maximum absolute atomic E-state index is 12.2. The van der Waals surface area contributed by atoms with Gasteiger partial charge < -0.3 is 4.80 Å². The highest BCUT2D eigenvalue weighted by atomic mass is 79.9. The molecular formula is C26H35BrOSi. The molecule has 0 aliphatic rings. The first-order valence-electron chi connectivity index (χ1n) is 10.5. The summed E-state index contributed by atoms with van der Waals surface area (Å²) in [7, 11) is -2.90. The average molecular weight is 472 g/mol. The molecular weight excluding hydrogens is 436 g/mol. The molecule has 156 valence electrons. The average Bonchev–Trinajstić information content (AvgIpc) is 2.73. The number of hydrogen-bond donors (Lipinski definition) is 1. The predicted octanol–water partition coefficient (Wildman–Crippen LogP) is 6.37. The Morgan fingerprint density at radius 3 is 1.83 bits per heavy atom. The third-order valence-corrected chi connectivity index (χ3v) is 10.8. The minimum Gasteiger partial charge on any atom is -0.424 e. The summed E-state index contributed by atoms with van der Waals surface area (Å²) in [5.41, 5.74) is 2.85. The summed E-state index contributed by atoms with van der Waals surface area (Å²) >= 11 is 3.46. The van der Waals surface area contributed by atoms with Crippen LogP contribution in [0.2, 0.25) is 5.04 Å². The Morgan fingerprint density at radius 1 is 0.862 bits per heavy atom. The molecule has 3 heteroatoms. The molecule has 0 bridgehead atoms. The van der Waals surface area contributed by atoms with Gasteiger partial charge in [-0.1, -0.05) is 114 Å². The van der Waals surface area contributed by atoms with E-state index in [9.17, 15) is 4.80 Å². The molecule has 2 aromatic carbocycles. The standard InChI is InChI=1S/C26H35BrOSi/c1-22(12-11-13-23(2)19-21-27)18-20-26(3,4)29(28,24-14-7-5-8-15-24)25-16-9-6-10-17-25/h5-10,12,14-17,19,28H,11,13,18,20-21H2,1-4H3/b22-12+,23-19+. The zero-order valence-corrected chi connectivity index (χ0v) is 20.9. The summed E-state index contributed by atoms with van der Waals surface area (Å²) in [6.07, 6.45) is 8.78. The lowest BCUT2D eigenvalue weighted by Gasteiger charge is -2.41. The SMILES string of the molecule is C/C(=C\CBr)CC/C=C(\C)CCC(C)(C)[Si](O)(c1ccccc1)c1ccccc1. The molecule has 0 unspecified atom stereocenters. The minimum atomic E-state index is -2.90. The lowest BCUT2D eigenvalue weighted by molar-refractivity contribution is 0.466. The summed E-state index contributed by atoms with van der Waals surface area (Å²) in [5, 5.41) is 2.93. The van der Waals surface area contributed by atoms with Crippen LogP contribution < -0.4 is 10.4 Å². The van der Waals surface area contributed by atoms with Crippen LogP contribution in [0.15, 0.2) is 84.0 Å². The Bertz CT molecular complexity index is 770. The van der Waals surface area contributed by atoms with Gasteiger partial charge in [-0.05, 0) is 54.9 Å². The van der Waals surface area contributed by atoms with E-state index in [2.05, 4.69) is 80.0 Å². The van der Waals surface area contributed by atoms with Gasteiger partial charge in [0.25, 0.3) is 8.32 Å². The van der Waals surface area contributed by atoms with Crippen LogP contribution in [-0.2, 0) is 0 Å². The van der Waals surface area contributed by atoms with Crippen LogP contribution in [0.25, 0.3) is 0 Å². The molecule has 0 heterocycles. The molecule has 2 aromatic rings. The minimum absolute atomic E-state index is 0.184. The smallest absolute Gasteiger partial charge is 0.258 e. The molecule has 1 nitrogen and oxygen atoms in total. The van der Waals surface area contributed by atoms with Gasteiger partial charge in [0.1, 0.15) is 0 Å². The highest BCUT2D eigenvalue weighted by molar-refractivity contribution is 9.09. The summed E-state index contributed by atoms with van der Waals surface area (Å²) in [4.78, 5) is 12.2. The Balaban J connectivity index is 2.20. The molecule has 0 fully saturated rings. The fourth-order valence-electron chi connectivity index (χ4n) is 3.88. The lowest BCUT2D eigenvalue weighted by atomic mass is 10.0. The number of alkyl halides is 1. The number of hydrogen-bond acceptors (Lipinski definition) is 1. The van der Waals surface area contributed by atoms with E-state index in [0.717, 1.165) is 41.4 Å². The van der Waals surface area contributed by atoms with E-state index >= 15 is 0 Å². The lowest BCUT2D eigenvalue weighted by Crippen LogP contribution is -2.65. The third-order valence-electron chi connectivity index (χ3n) is 5.96. The molecule has 0 amide bonds. The molecule has 29 heavy (non-hydrogen) atoms. The van der Waals surface area contributed by atoms with E-state index in [-0.39, 0.29) is 5.04 Å². The fourth-order valence-corrected chi connectivity index (χ4v) is 8.16. The van der Waals surface area contributed by atoms with E-state index in [1.807, 2.05) is 36.4 Å². The second-order valence-electron chi connectivity index (χ2n) is 8.62. The summed E-state index contributed by atoms with van der Waals surface area (Å²) < 4.78 is 0. The quantitative estimate of drug-likeness (QED) is 0.243. The molecule has 0 atom stereocenters. The van der Waals surface area contributed by atoms with Gasteiger partial charge in [0.2, 0.25) is 0 Å². The zero-order valence-electron chi connectivity index (χ0n) is 18.3. The van der Waals surface area contributed by atoms with Crippen LogP contribution in [0.4, 0.5) is 0 Å². The van der Waals surface area contributed by atoms with Crippen LogP contribution in [-0.4, -0.2) is 18.4 Å². The fraction of sp³-hybridized carbons (Fsp3) is 0.385. The van der Waals surface area contributed by atoms with Gasteiger partial charge in [0, 0.05) is 5.33 Å². The van der Waals surface area contributed by atoms with Crippen molar-refractivity contribution in [3.63, 3.8) is 0 Å². The molecule has 0 saturated carbocycles. The van der Waals surface area contributed by atoms with Crippen molar-refractivity contribution in [2.75, 3.05) is 5.33 Å². The molecule has 0 saturated heterocycles. The Morgan fingerprint density at radius 2 is 1.34 bits per heavy atom. The first-order valence-corrected chi connectivity index (χ1v) is 13.6. The molecule has 0 radical (unpaired) electrons. The van der Waals surface area contributed by atoms with Crippen LogP contribution in [0.5, 0.6) is 0 Å². The first kappa shape index (κ1) is 23.9. The number of halogens is 1. The highest BCUT2D eigenvalue weighted by Crippen LogP contribution is 2.40. The van der Waals surface area contributed by atoms with E-state index in [1.54, 1.807) is 0 Å². The summed E-state index contributed by atoms with van der Waals surface area (Å²) in [5.74, 6) is 0. The van der Waals surface area contributed by atoms with Crippen molar-refractivity contribution in [3.8, 4) is 0 Å². The van der Waals surface area contributed by atoms with Crippen molar-refractivity contribution in [2.45, 2.75) is 58.4 Å². The van der Waals surface area contributed by atoms with Gasteiger partial charge in [-0.15, -0.1) is 0 Å². The zero-order chi connectivity index (χ0) is 21.3. The summed E-state index contributed by atoms with van der Waals surface area (Å²) in [6, 6.07) is 20.6. The predicted molar refractivity (Wildman–Crippen MR) is 134 cm³/mol. The van der Waals surface area contributed by atoms with E-state index < -0.39 is 8.32 Å². The number of benzene rings is 2. The van der Waals surface area contributed by atoms with E-state index in [0.29, 0.717) is 0 Å². The van der Waals surface area contributed by atoms with Gasteiger partial charge in [0.15, 0.2) is 0 Å². The van der Waals surface area contributed by atoms with Crippen LogP contribution >= 0.6 is 15.9 Å². The summed E-state index contributed by atoms with van der Waals surface area (Å²) in [6.45, 7) is 8.91. The van der Waals surface area contributed by atoms with Crippen molar-refractivity contribution < 1.29 is 4.80 Å². The Hall–Kier alpha value is -1.42. The normalized spacial score (nSPS) is 13.6. The van der Waals surface area contributed by atoms with Gasteiger partial charge >= 0.3 is 0 Å². The van der Waals surface area contributed by atoms with E-state index in [4.69, 9.17) is 0 Å². The molecule has 2 rings (SSSR count). The van der Waals surface area contributed by atoms with Gasteiger partial charge in [0.05, 0.1) is 0 Å². The van der Waals surface area contributed by atoms with Crippen molar-refractivity contribution in [2.24, 2.45) is 0 Å². The molecule has 0 spiro atoms. The van der Waals surface area contributed by atoms with Gasteiger partial charge in [-0.2, -0.15) is 0 Å². The molecule has 0 aliphatic heterocycles. The molecule has 0 aliphatic carbocycles. The topological polar surface area (TPSA) is 20.2 Å². The van der Waals surface area contributed by atoms with Crippen LogP contribution in [0.3, 0.4) is 0 Å². The first-order chi connectivity index (χ1) is 13.8. The van der Waals surface area contributed by atoms with Crippen molar-refractivity contribution in [1.29, 1.82) is 0 Å². The second-order valence-corrected chi connectivity index (χ2v) is 13.2. The maximum Gasteiger partial charge on any atom is 0.258 e. The van der Waals surface area contributed by atoms with Gasteiger partial charge in [-0.25, -0.2) is 0 Å².